The van der Waals surface area contributed by atoms with Crippen molar-refractivity contribution in [2.24, 2.45) is 0 Å². The second-order valence-electron chi connectivity index (χ2n) is 7.33. The summed E-state index contributed by atoms with van der Waals surface area (Å²) in [7, 11) is 0. The summed E-state index contributed by atoms with van der Waals surface area (Å²) in [6.45, 7) is 0.137. The van der Waals surface area contributed by atoms with Gasteiger partial charge in [0.25, 0.3) is 5.91 Å². The number of phenols is 1. The molecule has 7 heteroatoms. The Labute approximate surface area is 180 Å². The van der Waals surface area contributed by atoms with Gasteiger partial charge in [0.15, 0.2) is 5.43 Å². The van der Waals surface area contributed by atoms with E-state index < -0.39 is 23.2 Å². The molecule has 154 valence electrons. The molecular formula is C24H15ClFNO4. The third kappa shape index (κ3) is 3.16. The third-order valence-electron chi connectivity index (χ3n) is 5.44. The molecule has 4 aromatic rings. The van der Waals surface area contributed by atoms with Gasteiger partial charge in [-0.3, -0.25) is 9.59 Å². The van der Waals surface area contributed by atoms with E-state index in [0.29, 0.717) is 16.1 Å². The molecular weight excluding hydrogens is 421 g/mol. The average Bonchev–Trinajstić information content (AvgIpc) is 3.03. The lowest BCUT2D eigenvalue weighted by molar-refractivity contribution is 0.0714. The summed E-state index contributed by atoms with van der Waals surface area (Å²) >= 11 is 6.31. The van der Waals surface area contributed by atoms with Crippen LogP contribution in [0, 0.1) is 5.82 Å². The van der Waals surface area contributed by atoms with Gasteiger partial charge in [0, 0.05) is 11.6 Å². The zero-order valence-electron chi connectivity index (χ0n) is 16.0. The molecule has 0 saturated heterocycles. The van der Waals surface area contributed by atoms with Gasteiger partial charge in [-0.25, -0.2) is 4.39 Å². The number of amides is 1. The highest BCUT2D eigenvalue weighted by molar-refractivity contribution is 6.31. The quantitative estimate of drug-likeness (QED) is 0.489. The number of aromatic hydroxyl groups is 1. The van der Waals surface area contributed by atoms with Crippen molar-refractivity contribution in [3.63, 3.8) is 0 Å². The van der Waals surface area contributed by atoms with Gasteiger partial charge in [-0.05, 0) is 47.5 Å². The molecule has 1 aliphatic heterocycles. The normalized spacial score (nSPS) is 15.5. The fourth-order valence-electron chi connectivity index (χ4n) is 3.97. The standard InChI is InChI=1S/C24H15ClFNO4/c25-18-4-2-1-3-14(18)12-27-21(13-5-8-16(28)9-6-13)20-22(29)17-11-15(26)7-10-19(17)31-23(20)24(27)30/h1-11,21,28H,12H2/t21-/m1/s1. The molecule has 1 atom stereocenters. The van der Waals surface area contributed by atoms with Gasteiger partial charge < -0.3 is 14.4 Å². The smallest absolute Gasteiger partial charge is 0.291 e. The van der Waals surface area contributed by atoms with Crippen LogP contribution in [0.15, 0.2) is 75.9 Å². The Morgan fingerprint density at radius 3 is 2.52 bits per heavy atom. The predicted octanol–water partition coefficient (Wildman–Crippen LogP) is 5.04. The Morgan fingerprint density at radius 2 is 1.77 bits per heavy atom. The highest BCUT2D eigenvalue weighted by Crippen LogP contribution is 2.40. The molecule has 0 saturated carbocycles. The molecule has 0 fully saturated rings. The van der Waals surface area contributed by atoms with Crippen molar-refractivity contribution < 1.29 is 18.7 Å². The van der Waals surface area contributed by atoms with E-state index >= 15 is 0 Å². The van der Waals surface area contributed by atoms with E-state index in [1.54, 1.807) is 30.3 Å². The van der Waals surface area contributed by atoms with Crippen molar-refractivity contribution in [2.45, 2.75) is 12.6 Å². The number of carbonyl (C=O) groups excluding carboxylic acids is 1. The maximum atomic E-state index is 13.8. The molecule has 0 unspecified atom stereocenters. The first-order valence-corrected chi connectivity index (χ1v) is 9.91. The van der Waals surface area contributed by atoms with Gasteiger partial charge in [0.2, 0.25) is 5.76 Å². The fourth-order valence-corrected chi connectivity index (χ4v) is 4.16. The van der Waals surface area contributed by atoms with Crippen LogP contribution in [0.2, 0.25) is 5.02 Å². The number of rotatable bonds is 3. The molecule has 5 rings (SSSR count). The first kappa shape index (κ1) is 19.3. The van der Waals surface area contributed by atoms with Crippen LogP contribution in [0.25, 0.3) is 11.0 Å². The molecule has 2 heterocycles. The molecule has 1 aromatic heterocycles. The molecule has 0 bridgehead atoms. The summed E-state index contributed by atoms with van der Waals surface area (Å²) in [5.74, 6) is -1.05. The zero-order valence-corrected chi connectivity index (χ0v) is 16.8. The molecule has 5 nitrogen and oxygen atoms in total. The first-order chi connectivity index (χ1) is 14.9. The SMILES string of the molecule is O=C1c2oc3ccc(F)cc3c(=O)c2[C@@H](c2ccc(O)cc2)N1Cc1ccccc1Cl. The second kappa shape index (κ2) is 7.25. The van der Waals surface area contributed by atoms with E-state index in [-0.39, 0.29) is 34.6 Å². The number of hydrogen-bond acceptors (Lipinski definition) is 4. The molecule has 0 aliphatic carbocycles. The highest BCUT2D eigenvalue weighted by Gasteiger charge is 2.42. The van der Waals surface area contributed by atoms with Crippen molar-refractivity contribution in [3.8, 4) is 5.75 Å². The van der Waals surface area contributed by atoms with Gasteiger partial charge in [-0.15, -0.1) is 0 Å². The lowest BCUT2D eigenvalue weighted by atomic mass is 9.98. The van der Waals surface area contributed by atoms with Crippen LogP contribution in [0.4, 0.5) is 4.39 Å². The molecule has 31 heavy (non-hydrogen) atoms. The summed E-state index contributed by atoms with van der Waals surface area (Å²) in [6, 6.07) is 16.2. The average molecular weight is 436 g/mol. The molecule has 1 N–H and O–H groups in total. The second-order valence-corrected chi connectivity index (χ2v) is 7.74. The van der Waals surface area contributed by atoms with Crippen LogP contribution in [0.3, 0.4) is 0 Å². The van der Waals surface area contributed by atoms with Crippen LogP contribution < -0.4 is 5.43 Å². The van der Waals surface area contributed by atoms with Gasteiger partial charge in [-0.1, -0.05) is 41.9 Å². The molecule has 0 radical (unpaired) electrons. The number of benzene rings is 3. The number of nitrogens with zero attached hydrogens (tertiary/aromatic N) is 1. The van der Waals surface area contributed by atoms with Crippen LogP contribution in [0.5, 0.6) is 5.75 Å². The van der Waals surface area contributed by atoms with E-state index in [1.807, 2.05) is 6.07 Å². The van der Waals surface area contributed by atoms with E-state index in [1.165, 1.54) is 29.2 Å². The van der Waals surface area contributed by atoms with E-state index in [4.69, 9.17) is 16.0 Å². The summed E-state index contributed by atoms with van der Waals surface area (Å²) in [5.41, 5.74) is 1.13. The van der Waals surface area contributed by atoms with Crippen LogP contribution in [-0.2, 0) is 6.54 Å². The third-order valence-corrected chi connectivity index (χ3v) is 5.80. The number of halogens is 2. The topological polar surface area (TPSA) is 70.8 Å². The van der Waals surface area contributed by atoms with Crippen LogP contribution in [0.1, 0.15) is 33.3 Å². The molecule has 0 spiro atoms. The number of fused-ring (bicyclic) bond motifs is 2. The monoisotopic (exact) mass is 435 g/mol. The minimum Gasteiger partial charge on any atom is -0.508 e. The molecule has 3 aromatic carbocycles. The van der Waals surface area contributed by atoms with E-state index in [0.717, 1.165) is 6.07 Å². The van der Waals surface area contributed by atoms with E-state index in [9.17, 15) is 19.1 Å². The Balaban J connectivity index is 1.74. The Hall–Kier alpha value is -3.64. The largest absolute Gasteiger partial charge is 0.508 e. The Morgan fingerprint density at radius 1 is 1.03 bits per heavy atom. The zero-order chi connectivity index (χ0) is 21.7. The summed E-state index contributed by atoms with van der Waals surface area (Å²) in [6.07, 6.45) is 0. The minimum absolute atomic E-state index is 0.0542. The summed E-state index contributed by atoms with van der Waals surface area (Å²) in [5, 5.41) is 10.2. The maximum absolute atomic E-state index is 13.8. The maximum Gasteiger partial charge on any atom is 0.291 e. The van der Waals surface area contributed by atoms with Crippen molar-refractivity contribution >= 4 is 28.5 Å². The van der Waals surface area contributed by atoms with Crippen LogP contribution >= 0.6 is 11.6 Å². The predicted molar refractivity (Wildman–Crippen MR) is 114 cm³/mol. The Kier molecular flexibility index (Phi) is 4.52. The van der Waals surface area contributed by atoms with Crippen LogP contribution in [-0.4, -0.2) is 15.9 Å². The summed E-state index contributed by atoms with van der Waals surface area (Å²) < 4.78 is 19.6. The molecule has 1 amide bonds. The number of carbonyl (C=O) groups is 1. The molecule has 1 aliphatic rings. The van der Waals surface area contributed by atoms with Gasteiger partial charge in [-0.2, -0.15) is 0 Å². The van der Waals surface area contributed by atoms with Crippen molar-refractivity contribution in [2.75, 3.05) is 0 Å². The highest BCUT2D eigenvalue weighted by atomic mass is 35.5. The van der Waals surface area contributed by atoms with Crippen molar-refractivity contribution in [3.05, 3.63) is 110 Å². The lowest BCUT2D eigenvalue weighted by Gasteiger charge is -2.25. The van der Waals surface area contributed by atoms with Gasteiger partial charge in [0.05, 0.1) is 17.0 Å². The first-order valence-electron chi connectivity index (χ1n) is 9.53. The van der Waals surface area contributed by atoms with Crippen molar-refractivity contribution in [1.29, 1.82) is 0 Å². The minimum atomic E-state index is -0.775. The fraction of sp³-hybridized carbons (Fsp3) is 0.0833. The lowest BCUT2D eigenvalue weighted by Crippen LogP contribution is -2.29. The van der Waals surface area contributed by atoms with Gasteiger partial charge >= 0.3 is 0 Å². The number of phenolic OH excluding ortho intramolecular Hbond substituents is 1. The summed E-state index contributed by atoms with van der Waals surface area (Å²) in [4.78, 5) is 28.2. The number of hydrogen-bond donors (Lipinski definition) is 1. The van der Waals surface area contributed by atoms with Crippen molar-refractivity contribution in [1.82, 2.24) is 4.90 Å². The van der Waals surface area contributed by atoms with E-state index in [2.05, 4.69) is 0 Å². The Bertz CT molecular complexity index is 1400. The van der Waals surface area contributed by atoms with Gasteiger partial charge in [0.1, 0.15) is 17.1 Å².